The molecule has 13 heteroatoms. The molecule has 6 nitrogen and oxygen atoms in total. The van der Waals surface area contributed by atoms with E-state index in [1.165, 1.54) is 12.1 Å². The quantitative estimate of drug-likeness (QED) is 0.590. The maximum atomic E-state index is 12.9. The molecule has 0 saturated carbocycles. The summed E-state index contributed by atoms with van der Waals surface area (Å²) in [7, 11) is 0. The fourth-order valence-corrected chi connectivity index (χ4v) is 2.34. The Hall–Kier alpha value is -2.89. The molecule has 148 valence electrons. The first kappa shape index (κ1) is 19.9. The molecule has 1 N–H and O–H groups in total. The first-order valence-electron chi connectivity index (χ1n) is 7.44. The van der Waals surface area contributed by atoms with Gasteiger partial charge in [0.05, 0.1) is 0 Å². The van der Waals surface area contributed by atoms with Crippen LogP contribution in [0.15, 0.2) is 46.5 Å². The van der Waals surface area contributed by atoms with Crippen LogP contribution in [0.1, 0.15) is 11.4 Å². The Kier molecular flexibility index (Phi) is 5.15. The number of nitrogens with zero attached hydrogens (tertiary/aromatic N) is 5. The Labute approximate surface area is 158 Å². The molecule has 28 heavy (non-hydrogen) atoms. The van der Waals surface area contributed by atoms with Gasteiger partial charge in [-0.3, -0.25) is 9.88 Å². The van der Waals surface area contributed by atoms with Crippen molar-refractivity contribution in [3.63, 3.8) is 0 Å². The Morgan fingerprint density at radius 3 is 2.39 bits per heavy atom. The summed E-state index contributed by atoms with van der Waals surface area (Å²) < 4.78 is 77.2. The van der Waals surface area contributed by atoms with E-state index >= 15 is 0 Å². The summed E-state index contributed by atoms with van der Waals surface area (Å²) in [4.78, 5) is 15.4. The first-order chi connectivity index (χ1) is 13.0. The predicted octanol–water partition coefficient (Wildman–Crippen LogP) is 4.35. The van der Waals surface area contributed by atoms with Gasteiger partial charge < -0.3 is 5.32 Å². The molecule has 0 amide bonds. The Morgan fingerprint density at radius 2 is 1.71 bits per heavy atom. The van der Waals surface area contributed by atoms with Crippen LogP contribution in [-0.4, -0.2) is 27.9 Å². The minimum Gasteiger partial charge on any atom is -0.346 e. The lowest BCUT2D eigenvalue weighted by molar-refractivity contribution is -0.141. The third-order valence-electron chi connectivity index (χ3n) is 3.42. The molecule has 1 unspecified atom stereocenters. The van der Waals surface area contributed by atoms with Gasteiger partial charge in [-0.05, 0) is 35.9 Å². The second-order valence-corrected chi connectivity index (χ2v) is 5.71. The van der Waals surface area contributed by atoms with Crippen molar-refractivity contribution >= 4 is 34.7 Å². The molecule has 1 aliphatic rings. The number of aromatic nitrogens is 2. The van der Waals surface area contributed by atoms with Crippen molar-refractivity contribution in [2.24, 2.45) is 9.98 Å². The average molecular weight is 423 g/mol. The zero-order chi connectivity index (χ0) is 20.5. The van der Waals surface area contributed by atoms with E-state index in [2.05, 4.69) is 25.3 Å². The molecular formula is C15H9ClF6N6. The van der Waals surface area contributed by atoms with Crippen molar-refractivity contribution in [3.8, 4) is 0 Å². The summed E-state index contributed by atoms with van der Waals surface area (Å²) in [5.74, 6) is -0.186. The zero-order valence-corrected chi connectivity index (χ0v) is 14.3. The number of pyridine rings is 2. The Bertz CT molecular complexity index is 926. The molecule has 0 aromatic carbocycles. The highest BCUT2D eigenvalue weighted by atomic mass is 35.5. The van der Waals surface area contributed by atoms with Crippen LogP contribution in [0.3, 0.4) is 0 Å². The van der Waals surface area contributed by atoms with Crippen LogP contribution >= 0.6 is 11.6 Å². The van der Waals surface area contributed by atoms with E-state index < -0.39 is 30.0 Å². The summed E-state index contributed by atoms with van der Waals surface area (Å²) in [6.07, 6.45) is -8.54. The van der Waals surface area contributed by atoms with Crippen LogP contribution in [0.2, 0.25) is 0 Å². The predicted molar refractivity (Wildman–Crippen MR) is 90.1 cm³/mol. The molecule has 2 aromatic rings. The highest BCUT2D eigenvalue weighted by Gasteiger charge is 2.34. The smallest absolute Gasteiger partial charge is 0.346 e. The van der Waals surface area contributed by atoms with Crippen LogP contribution in [-0.2, 0) is 12.4 Å². The highest BCUT2D eigenvalue weighted by molar-refractivity contribution is 6.65. The van der Waals surface area contributed by atoms with Gasteiger partial charge in [-0.25, -0.2) is 15.0 Å². The van der Waals surface area contributed by atoms with Crippen molar-refractivity contribution in [1.82, 2.24) is 9.97 Å². The van der Waals surface area contributed by atoms with Gasteiger partial charge in [0, 0.05) is 11.9 Å². The molecule has 1 aliphatic heterocycles. The third kappa shape index (κ3) is 4.50. The number of alkyl halides is 6. The van der Waals surface area contributed by atoms with E-state index in [1.54, 1.807) is 0 Å². The van der Waals surface area contributed by atoms with E-state index in [0.717, 1.165) is 35.6 Å². The monoisotopic (exact) mass is 422 g/mol. The first-order valence-corrected chi connectivity index (χ1v) is 7.82. The lowest BCUT2D eigenvalue weighted by Gasteiger charge is -2.29. The third-order valence-corrected chi connectivity index (χ3v) is 3.61. The van der Waals surface area contributed by atoms with Gasteiger partial charge >= 0.3 is 12.4 Å². The van der Waals surface area contributed by atoms with Crippen LogP contribution < -0.4 is 10.2 Å². The molecule has 2 aromatic heterocycles. The minimum atomic E-state index is -4.68. The molecule has 0 spiro atoms. The molecule has 3 heterocycles. The van der Waals surface area contributed by atoms with E-state index in [4.69, 9.17) is 11.6 Å². The van der Waals surface area contributed by atoms with Gasteiger partial charge in [-0.2, -0.15) is 26.3 Å². The van der Waals surface area contributed by atoms with Crippen molar-refractivity contribution in [2.45, 2.75) is 18.6 Å². The molecule has 0 saturated heterocycles. The molecule has 0 radical (unpaired) electrons. The maximum Gasteiger partial charge on any atom is 0.433 e. The fraction of sp³-hybridized carbons (Fsp3) is 0.200. The zero-order valence-electron chi connectivity index (χ0n) is 13.5. The molecular weight excluding hydrogens is 414 g/mol. The number of anilines is 2. The van der Waals surface area contributed by atoms with Crippen molar-refractivity contribution in [1.29, 1.82) is 0 Å². The summed E-state index contributed by atoms with van der Waals surface area (Å²) >= 11 is 5.73. The van der Waals surface area contributed by atoms with Gasteiger partial charge in [0.2, 0.25) is 11.6 Å². The van der Waals surface area contributed by atoms with Crippen LogP contribution in [0.5, 0.6) is 0 Å². The summed E-state index contributed by atoms with van der Waals surface area (Å²) in [5.41, 5.74) is -2.34. The summed E-state index contributed by atoms with van der Waals surface area (Å²) in [6, 6.07) is 5.14. The largest absolute Gasteiger partial charge is 0.433 e. The molecule has 0 bridgehead atoms. The number of hydrogen-bond acceptors (Lipinski definition) is 6. The Balaban J connectivity index is 1.92. The number of halogens is 7. The van der Waals surface area contributed by atoms with E-state index in [9.17, 15) is 26.3 Å². The normalized spacial score (nSPS) is 17.5. The summed E-state index contributed by atoms with van der Waals surface area (Å²) in [5, 5.41) is 2.39. The minimum absolute atomic E-state index is 0.0344. The molecule has 0 fully saturated rings. The Morgan fingerprint density at radius 1 is 1.00 bits per heavy atom. The number of rotatable bonds is 3. The van der Waals surface area contributed by atoms with E-state index in [-0.39, 0.29) is 16.8 Å². The standard InChI is InChI=1S/C15H9ClF6N6/c16-12-24-7-28(11-3-1-2-9(26-11)14(17,18)19)13(27-12)25-8-4-5-23-10(6-8)15(20,21)22/h1-7,13H,(H,23,25). The lowest BCUT2D eigenvalue weighted by Crippen LogP contribution is -2.42. The van der Waals surface area contributed by atoms with Crippen LogP contribution in [0.25, 0.3) is 0 Å². The molecule has 3 rings (SSSR count). The van der Waals surface area contributed by atoms with Gasteiger partial charge in [0.1, 0.15) is 23.5 Å². The van der Waals surface area contributed by atoms with Gasteiger partial charge in [-0.1, -0.05) is 6.07 Å². The lowest BCUT2D eigenvalue weighted by atomic mass is 10.3. The van der Waals surface area contributed by atoms with Crippen LogP contribution in [0.4, 0.5) is 37.8 Å². The second kappa shape index (κ2) is 7.26. The second-order valence-electron chi connectivity index (χ2n) is 5.37. The average Bonchev–Trinajstić information content (AvgIpc) is 2.61. The number of amidine groups is 1. The topological polar surface area (TPSA) is 65.8 Å². The maximum absolute atomic E-state index is 12.9. The number of nitrogens with one attached hydrogen (secondary N) is 1. The van der Waals surface area contributed by atoms with Crippen LogP contribution in [0, 0.1) is 0 Å². The highest BCUT2D eigenvalue weighted by Crippen LogP contribution is 2.31. The van der Waals surface area contributed by atoms with Crippen molar-refractivity contribution in [3.05, 3.63) is 47.9 Å². The molecule has 1 atom stereocenters. The SMILES string of the molecule is FC(F)(F)c1cc(NC2N=C(Cl)N=CN2c2cccc(C(F)(F)F)n2)ccn1. The number of hydrogen-bond donors (Lipinski definition) is 1. The fourth-order valence-electron chi connectivity index (χ4n) is 2.21. The van der Waals surface area contributed by atoms with Gasteiger partial charge in [0.25, 0.3) is 0 Å². The van der Waals surface area contributed by atoms with E-state index in [0.29, 0.717) is 0 Å². The van der Waals surface area contributed by atoms with Gasteiger partial charge in [0.15, 0.2) is 0 Å². The summed E-state index contributed by atoms with van der Waals surface area (Å²) in [6.45, 7) is 0. The number of aliphatic imine (C=N–C) groups is 2. The van der Waals surface area contributed by atoms with Crippen molar-refractivity contribution < 1.29 is 26.3 Å². The van der Waals surface area contributed by atoms with E-state index in [1.807, 2.05) is 0 Å². The van der Waals surface area contributed by atoms with Gasteiger partial charge in [-0.15, -0.1) is 0 Å². The van der Waals surface area contributed by atoms with Crippen molar-refractivity contribution in [2.75, 3.05) is 10.2 Å². The molecule has 0 aliphatic carbocycles.